The average molecular weight is 488 g/mol. The van der Waals surface area contributed by atoms with Gasteiger partial charge in [0.2, 0.25) is 0 Å². The van der Waals surface area contributed by atoms with E-state index in [4.69, 9.17) is 14.2 Å². The molecule has 2 aliphatic rings. The Morgan fingerprint density at radius 3 is 2.31 bits per heavy atom. The molecule has 2 aromatic carbocycles. The molecule has 0 fully saturated rings. The van der Waals surface area contributed by atoms with Crippen LogP contribution < -0.4 is 19.5 Å². The molecule has 4 rings (SSSR count). The highest BCUT2D eigenvalue weighted by molar-refractivity contribution is 6.06. The first-order valence-corrected chi connectivity index (χ1v) is 12.5. The number of ether oxygens (including phenoxy) is 3. The Morgan fingerprint density at radius 1 is 1.06 bits per heavy atom. The van der Waals surface area contributed by atoms with Crippen molar-refractivity contribution in [3.8, 4) is 17.2 Å². The van der Waals surface area contributed by atoms with Gasteiger partial charge in [-0.1, -0.05) is 64.1 Å². The van der Waals surface area contributed by atoms with E-state index < -0.39 is 0 Å². The second-order valence-corrected chi connectivity index (χ2v) is 10.3. The molecule has 190 valence electrons. The lowest BCUT2D eigenvalue weighted by Crippen LogP contribution is -2.16. The number of hydrogen-bond donors (Lipinski definition) is 1. The zero-order valence-electron chi connectivity index (χ0n) is 22.5. The van der Waals surface area contributed by atoms with Crippen molar-refractivity contribution >= 4 is 17.2 Å². The third kappa shape index (κ3) is 4.55. The quantitative estimate of drug-likeness (QED) is 0.437. The standard InChI is InChI=1S/C31H37NO4/c1-9-20-13-24-18(2)17-31(4,5)26(24)16-25(20)19(3)21-10-11-22(12-21)30(33)32-29-27(35-7)14-23(34-6)15-28(29)36-8/h10-11,13-16,19H,2,9,12,17H2,1,3-8H3,(H,32,33). The van der Waals surface area contributed by atoms with E-state index in [2.05, 4.69) is 57.8 Å². The zero-order valence-corrected chi connectivity index (χ0v) is 22.5. The largest absolute Gasteiger partial charge is 0.496 e. The van der Waals surface area contributed by atoms with Gasteiger partial charge in [-0.2, -0.15) is 0 Å². The van der Waals surface area contributed by atoms with E-state index >= 15 is 0 Å². The maximum atomic E-state index is 13.2. The monoisotopic (exact) mass is 487 g/mol. The first-order chi connectivity index (χ1) is 17.1. The summed E-state index contributed by atoms with van der Waals surface area (Å²) in [6, 6.07) is 8.19. The van der Waals surface area contributed by atoms with E-state index in [9.17, 15) is 4.79 Å². The van der Waals surface area contributed by atoms with E-state index in [1.165, 1.54) is 33.4 Å². The van der Waals surface area contributed by atoms with Gasteiger partial charge in [0.25, 0.3) is 5.91 Å². The highest BCUT2D eigenvalue weighted by Gasteiger charge is 2.34. The van der Waals surface area contributed by atoms with Crippen molar-refractivity contribution in [2.24, 2.45) is 0 Å². The highest BCUT2D eigenvalue weighted by atomic mass is 16.5. The third-order valence-electron chi connectivity index (χ3n) is 7.59. The molecule has 36 heavy (non-hydrogen) atoms. The van der Waals surface area contributed by atoms with Crippen LogP contribution in [0.1, 0.15) is 68.7 Å². The number of fused-ring (bicyclic) bond motifs is 1. The van der Waals surface area contributed by atoms with Gasteiger partial charge in [0.15, 0.2) is 0 Å². The van der Waals surface area contributed by atoms with Gasteiger partial charge in [0.05, 0.1) is 21.3 Å². The normalized spacial score (nSPS) is 16.7. The molecule has 0 spiro atoms. The Morgan fingerprint density at radius 2 is 1.72 bits per heavy atom. The number of aryl methyl sites for hydroxylation is 1. The number of carbonyl (C=O) groups is 1. The predicted octanol–water partition coefficient (Wildman–Crippen LogP) is 6.97. The second kappa shape index (κ2) is 9.88. The van der Waals surface area contributed by atoms with Crippen molar-refractivity contribution < 1.29 is 19.0 Å². The Labute approximate surface area is 214 Å². The number of benzene rings is 2. The van der Waals surface area contributed by atoms with Gasteiger partial charge in [-0.05, 0) is 52.5 Å². The molecule has 0 aromatic heterocycles. The molecule has 1 N–H and O–H groups in total. The Hall–Kier alpha value is -3.47. The van der Waals surface area contributed by atoms with Gasteiger partial charge in [-0.15, -0.1) is 0 Å². The molecule has 2 aromatic rings. The molecular weight excluding hydrogens is 450 g/mol. The summed E-state index contributed by atoms with van der Waals surface area (Å²) in [5, 5.41) is 2.99. The SMILES string of the molecule is C=C1CC(C)(C)c2cc(C(C)C3=CC=C(C(=O)Nc4c(OC)cc(OC)cc4OC)C3)c(CC)cc21. The fourth-order valence-electron chi connectivity index (χ4n) is 5.47. The number of carbonyl (C=O) groups excluding carboxylic acids is 1. The van der Waals surface area contributed by atoms with E-state index in [1.54, 1.807) is 33.5 Å². The van der Waals surface area contributed by atoms with Crippen molar-refractivity contribution in [3.63, 3.8) is 0 Å². The predicted molar refractivity (Wildman–Crippen MR) is 146 cm³/mol. The zero-order chi connectivity index (χ0) is 26.2. The van der Waals surface area contributed by atoms with Crippen molar-refractivity contribution in [2.75, 3.05) is 26.6 Å². The fourth-order valence-corrected chi connectivity index (χ4v) is 5.47. The topological polar surface area (TPSA) is 56.8 Å². The number of rotatable bonds is 8. The van der Waals surface area contributed by atoms with Crippen LogP contribution in [0.25, 0.3) is 5.57 Å². The van der Waals surface area contributed by atoms with Crippen LogP contribution in [0, 0.1) is 0 Å². The van der Waals surface area contributed by atoms with Crippen molar-refractivity contribution in [1.29, 1.82) is 0 Å². The lowest BCUT2D eigenvalue weighted by atomic mass is 9.80. The molecule has 0 radical (unpaired) electrons. The number of methoxy groups -OCH3 is 3. The molecule has 2 aliphatic carbocycles. The van der Waals surface area contributed by atoms with Gasteiger partial charge < -0.3 is 19.5 Å². The highest BCUT2D eigenvalue weighted by Crippen LogP contribution is 2.47. The fraction of sp³-hybridized carbons (Fsp3) is 0.387. The van der Waals surface area contributed by atoms with Crippen LogP contribution in [0.5, 0.6) is 17.2 Å². The summed E-state index contributed by atoms with van der Waals surface area (Å²) in [6.45, 7) is 13.4. The number of amides is 1. The molecule has 0 saturated carbocycles. The summed E-state index contributed by atoms with van der Waals surface area (Å²) in [7, 11) is 4.68. The molecule has 1 unspecified atom stereocenters. The minimum absolute atomic E-state index is 0.0942. The van der Waals surface area contributed by atoms with Crippen molar-refractivity contribution in [2.45, 2.75) is 58.3 Å². The molecule has 0 saturated heterocycles. The summed E-state index contributed by atoms with van der Waals surface area (Å²) < 4.78 is 16.3. The van der Waals surface area contributed by atoms with E-state index in [0.717, 1.165) is 12.8 Å². The van der Waals surface area contributed by atoms with Crippen LogP contribution in [0.4, 0.5) is 5.69 Å². The maximum Gasteiger partial charge on any atom is 0.252 e. The minimum atomic E-state index is -0.169. The number of hydrogen-bond acceptors (Lipinski definition) is 4. The van der Waals surface area contributed by atoms with Crippen LogP contribution in [0.2, 0.25) is 0 Å². The molecule has 0 aliphatic heterocycles. The van der Waals surface area contributed by atoms with Gasteiger partial charge in [-0.3, -0.25) is 4.79 Å². The molecule has 5 heteroatoms. The van der Waals surface area contributed by atoms with Gasteiger partial charge in [0.1, 0.15) is 22.9 Å². The summed E-state index contributed by atoms with van der Waals surface area (Å²) in [6.07, 6.45) is 6.58. The van der Waals surface area contributed by atoms with Crippen molar-refractivity contribution in [1.82, 2.24) is 0 Å². The van der Waals surface area contributed by atoms with E-state index in [-0.39, 0.29) is 17.2 Å². The number of nitrogens with one attached hydrogen (secondary N) is 1. The smallest absolute Gasteiger partial charge is 0.252 e. The lowest BCUT2D eigenvalue weighted by Gasteiger charge is -2.24. The number of allylic oxidation sites excluding steroid dienone is 4. The lowest BCUT2D eigenvalue weighted by molar-refractivity contribution is -0.112. The van der Waals surface area contributed by atoms with Crippen LogP contribution >= 0.6 is 0 Å². The Balaban J connectivity index is 1.54. The van der Waals surface area contributed by atoms with Crippen LogP contribution in [0.3, 0.4) is 0 Å². The summed E-state index contributed by atoms with van der Waals surface area (Å²) in [5.74, 6) is 1.59. The van der Waals surface area contributed by atoms with E-state index in [0.29, 0.717) is 34.9 Å². The van der Waals surface area contributed by atoms with E-state index in [1.807, 2.05) is 6.08 Å². The summed E-state index contributed by atoms with van der Waals surface area (Å²) in [5.41, 5.74) is 9.16. The molecule has 1 amide bonds. The molecular formula is C31H37NO4. The molecule has 0 heterocycles. The van der Waals surface area contributed by atoms with Gasteiger partial charge >= 0.3 is 0 Å². The van der Waals surface area contributed by atoms with Crippen LogP contribution in [-0.4, -0.2) is 27.2 Å². The Bertz CT molecular complexity index is 1260. The number of anilines is 1. The second-order valence-electron chi connectivity index (χ2n) is 10.3. The third-order valence-corrected chi connectivity index (χ3v) is 7.59. The van der Waals surface area contributed by atoms with Crippen LogP contribution in [0.15, 0.2) is 54.1 Å². The van der Waals surface area contributed by atoms with Crippen molar-refractivity contribution in [3.05, 3.63) is 76.4 Å². The first-order valence-electron chi connectivity index (χ1n) is 12.5. The molecule has 5 nitrogen and oxygen atoms in total. The molecule has 1 atom stereocenters. The summed E-state index contributed by atoms with van der Waals surface area (Å²) in [4.78, 5) is 13.2. The average Bonchev–Trinajstić information content (AvgIpc) is 3.45. The minimum Gasteiger partial charge on any atom is -0.496 e. The molecule has 0 bridgehead atoms. The maximum absolute atomic E-state index is 13.2. The van der Waals surface area contributed by atoms with Crippen LogP contribution in [-0.2, 0) is 16.6 Å². The Kier molecular flexibility index (Phi) is 7.03. The van der Waals surface area contributed by atoms with Gasteiger partial charge in [-0.25, -0.2) is 0 Å². The van der Waals surface area contributed by atoms with Gasteiger partial charge in [0, 0.05) is 23.6 Å². The summed E-state index contributed by atoms with van der Waals surface area (Å²) >= 11 is 0. The first kappa shape index (κ1) is 25.6.